The maximum absolute atomic E-state index is 14.1. The van der Waals surface area contributed by atoms with Gasteiger partial charge >= 0.3 is 56.6 Å². The molecule has 1 aliphatic heterocycles. The molecular weight excluding hydrogens is 589 g/mol. The summed E-state index contributed by atoms with van der Waals surface area (Å²) >= 11 is 0. The van der Waals surface area contributed by atoms with Crippen molar-refractivity contribution in [1.29, 1.82) is 0 Å². The molecule has 0 aliphatic carbocycles. The van der Waals surface area contributed by atoms with Gasteiger partial charge in [0.25, 0.3) is 0 Å². The van der Waals surface area contributed by atoms with E-state index in [4.69, 9.17) is 14.4 Å². The van der Waals surface area contributed by atoms with Crippen LogP contribution in [0, 0.1) is 0 Å². The first-order valence-corrected chi connectivity index (χ1v) is 10.9. The SMILES string of the molecule is CC1(CC(F)(F)C(F)(F)C(F)(F)C(F)F)CCCCN1CC(F)(F)C(F)(F)C(F)(F)C(F)F.O=[PH](O)O. The average molecular weight is 609 g/mol. The Morgan fingerprint density at radius 1 is 0.757 bits per heavy atom. The van der Waals surface area contributed by atoms with E-state index < -0.39 is 88.1 Å². The van der Waals surface area contributed by atoms with Crippen LogP contribution in [0.3, 0.4) is 0 Å². The zero-order chi connectivity index (χ0) is 30.1. The van der Waals surface area contributed by atoms with E-state index in [1.165, 1.54) is 0 Å². The molecule has 0 amide bonds. The lowest BCUT2D eigenvalue weighted by Gasteiger charge is -2.49. The van der Waals surface area contributed by atoms with Crippen molar-refractivity contribution in [2.45, 2.75) is 86.5 Å². The monoisotopic (exact) mass is 609 g/mol. The molecule has 1 fully saturated rings. The van der Waals surface area contributed by atoms with Crippen LogP contribution < -0.4 is 0 Å². The molecule has 1 unspecified atom stereocenters. The van der Waals surface area contributed by atoms with Gasteiger partial charge in [-0.15, -0.1) is 0 Å². The Labute approximate surface area is 198 Å². The van der Waals surface area contributed by atoms with Gasteiger partial charge in [0.05, 0.1) is 6.54 Å². The predicted molar refractivity (Wildman–Crippen MR) is 93.6 cm³/mol. The minimum Gasteiger partial charge on any atom is -0.326 e. The van der Waals surface area contributed by atoms with Gasteiger partial charge in [0.2, 0.25) is 0 Å². The van der Waals surface area contributed by atoms with Crippen molar-refractivity contribution in [3.05, 3.63) is 0 Å². The standard InChI is InChI=1S/C16H17F16N.H3O3P/c1-10(6-11(21,22)15(29,30)13(25,26)8(17)18)4-2-3-5-33(10)7-12(23,24)16(31,32)14(27,28)9(19)20;1-4(2)3/h8-9H,2-7H2,1H3;4H,(H2,1,2,3). The second-order valence-electron chi connectivity index (χ2n) is 8.24. The van der Waals surface area contributed by atoms with Gasteiger partial charge < -0.3 is 9.79 Å². The summed E-state index contributed by atoms with van der Waals surface area (Å²) in [7, 11) is -3.13. The minimum absolute atomic E-state index is 0.129. The Kier molecular flexibility index (Phi) is 11.3. The van der Waals surface area contributed by atoms with Crippen LogP contribution in [0.15, 0.2) is 0 Å². The van der Waals surface area contributed by atoms with Crippen LogP contribution in [0.4, 0.5) is 70.2 Å². The summed E-state index contributed by atoms with van der Waals surface area (Å²) in [5, 5.41) is 0. The Morgan fingerprint density at radius 2 is 1.11 bits per heavy atom. The third kappa shape index (κ3) is 7.35. The highest BCUT2D eigenvalue weighted by atomic mass is 31.1. The second kappa shape index (κ2) is 11.6. The van der Waals surface area contributed by atoms with Gasteiger partial charge in [-0.05, 0) is 26.3 Å². The number of hydrogen-bond acceptors (Lipinski definition) is 2. The van der Waals surface area contributed by atoms with Crippen molar-refractivity contribution in [1.82, 2.24) is 4.90 Å². The van der Waals surface area contributed by atoms with Gasteiger partial charge in [-0.25, -0.2) is 17.6 Å². The van der Waals surface area contributed by atoms with Gasteiger partial charge in [0.1, 0.15) is 0 Å². The minimum atomic E-state index is -6.73. The van der Waals surface area contributed by atoms with Gasteiger partial charge in [0.15, 0.2) is 0 Å². The van der Waals surface area contributed by atoms with Crippen molar-refractivity contribution >= 4 is 8.25 Å². The van der Waals surface area contributed by atoms with Crippen molar-refractivity contribution < 1.29 is 84.6 Å². The highest BCUT2D eigenvalue weighted by Crippen LogP contribution is 2.54. The van der Waals surface area contributed by atoms with Crippen LogP contribution in [-0.2, 0) is 4.57 Å². The maximum Gasteiger partial charge on any atom is 0.379 e. The first-order valence-electron chi connectivity index (χ1n) is 9.64. The molecule has 0 saturated carbocycles. The van der Waals surface area contributed by atoms with E-state index >= 15 is 0 Å². The van der Waals surface area contributed by atoms with Crippen molar-refractivity contribution in [3.63, 3.8) is 0 Å². The number of hydrogen-bond donors (Lipinski definition) is 2. The number of piperidine rings is 1. The third-order valence-corrected chi connectivity index (χ3v) is 5.45. The fraction of sp³-hybridized carbons (Fsp3) is 1.00. The van der Waals surface area contributed by atoms with E-state index in [-0.39, 0.29) is 17.7 Å². The van der Waals surface area contributed by atoms with Crippen LogP contribution in [0.25, 0.3) is 0 Å². The van der Waals surface area contributed by atoms with E-state index in [2.05, 4.69) is 0 Å². The first kappa shape index (κ1) is 36.0. The van der Waals surface area contributed by atoms with Gasteiger partial charge in [-0.3, -0.25) is 9.46 Å². The Balaban J connectivity index is 0.00000300. The summed E-state index contributed by atoms with van der Waals surface area (Å²) in [6.07, 6.45) is -14.4. The molecule has 1 heterocycles. The van der Waals surface area contributed by atoms with Crippen LogP contribution in [0.5, 0.6) is 0 Å². The number of halogens is 16. The van der Waals surface area contributed by atoms with Crippen LogP contribution in [0.2, 0.25) is 0 Å². The molecule has 0 aromatic heterocycles. The molecule has 1 atom stereocenters. The lowest BCUT2D eigenvalue weighted by atomic mass is 9.80. The molecule has 0 spiro atoms. The van der Waals surface area contributed by atoms with Crippen molar-refractivity contribution in [2.75, 3.05) is 13.1 Å². The molecule has 37 heavy (non-hydrogen) atoms. The molecule has 1 saturated heterocycles. The average Bonchev–Trinajstić information content (AvgIpc) is 2.67. The number of likely N-dealkylation sites (tertiary alicyclic amines) is 1. The van der Waals surface area contributed by atoms with Gasteiger partial charge in [-0.1, -0.05) is 6.42 Å². The highest BCUT2D eigenvalue weighted by Gasteiger charge is 2.77. The van der Waals surface area contributed by atoms with E-state index in [1.807, 2.05) is 0 Å². The quantitative estimate of drug-likeness (QED) is 0.225. The molecular formula is C16H20F16NO3P. The molecule has 224 valence electrons. The summed E-state index contributed by atoms with van der Waals surface area (Å²) in [5.41, 5.74) is -2.79. The molecule has 21 heteroatoms. The third-order valence-electron chi connectivity index (χ3n) is 5.45. The Morgan fingerprint density at radius 3 is 1.46 bits per heavy atom. The normalized spacial score (nSPS) is 21.5. The summed E-state index contributed by atoms with van der Waals surface area (Å²) in [4.78, 5) is 14.2. The van der Waals surface area contributed by atoms with E-state index in [0.717, 1.165) is 0 Å². The first-order chi connectivity index (χ1) is 16.1. The topological polar surface area (TPSA) is 60.8 Å². The summed E-state index contributed by atoms with van der Waals surface area (Å²) < 4.78 is 220. The second-order valence-corrected chi connectivity index (χ2v) is 8.81. The maximum atomic E-state index is 14.1. The van der Waals surface area contributed by atoms with E-state index in [9.17, 15) is 70.2 Å². The fourth-order valence-corrected chi connectivity index (χ4v) is 3.40. The lowest BCUT2D eigenvalue weighted by molar-refractivity contribution is -0.350. The largest absolute Gasteiger partial charge is 0.379 e. The van der Waals surface area contributed by atoms with E-state index in [0.29, 0.717) is 6.92 Å². The number of rotatable bonds is 10. The zero-order valence-electron chi connectivity index (χ0n) is 18.2. The van der Waals surface area contributed by atoms with Crippen LogP contribution in [-0.4, -0.2) is 81.7 Å². The Bertz CT molecular complexity index is 777. The molecule has 4 nitrogen and oxygen atoms in total. The smallest absolute Gasteiger partial charge is 0.326 e. The van der Waals surface area contributed by atoms with Crippen LogP contribution >= 0.6 is 8.25 Å². The number of alkyl halides is 16. The summed E-state index contributed by atoms with van der Waals surface area (Å²) in [5.74, 6) is -38.7. The molecule has 1 rings (SSSR count). The van der Waals surface area contributed by atoms with Crippen molar-refractivity contribution in [2.24, 2.45) is 0 Å². The summed E-state index contributed by atoms with van der Waals surface area (Å²) in [6, 6.07) is 0. The molecule has 0 bridgehead atoms. The summed E-state index contributed by atoms with van der Waals surface area (Å²) in [6.45, 7) is -3.09. The zero-order valence-corrected chi connectivity index (χ0v) is 19.2. The molecule has 0 radical (unpaired) electrons. The Hall–Kier alpha value is -1.01. The molecule has 0 aromatic rings. The van der Waals surface area contributed by atoms with Gasteiger partial charge in [-0.2, -0.15) is 52.7 Å². The van der Waals surface area contributed by atoms with E-state index in [1.54, 1.807) is 0 Å². The molecule has 0 aromatic carbocycles. The van der Waals surface area contributed by atoms with Crippen molar-refractivity contribution in [3.8, 4) is 0 Å². The fourth-order valence-electron chi connectivity index (χ4n) is 3.40. The molecule has 2 N–H and O–H groups in total. The van der Waals surface area contributed by atoms with Crippen LogP contribution in [0.1, 0.15) is 32.6 Å². The molecule has 1 aliphatic rings. The highest BCUT2D eigenvalue weighted by molar-refractivity contribution is 7.30. The predicted octanol–water partition coefficient (Wildman–Crippen LogP) is 6.32. The number of nitrogens with zero attached hydrogens (tertiary/aromatic N) is 1. The van der Waals surface area contributed by atoms with Gasteiger partial charge in [0, 0.05) is 12.0 Å². The lowest BCUT2D eigenvalue weighted by Crippen LogP contribution is -2.66.